The number of nitrogens with one attached hydrogen (secondary N) is 2. The van der Waals surface area contributed by atoms with Crippen molar-refractivity contribution in [2.45, 2.75) is 33.9 Å². The number of rotatable bonds is 8. The van der Waals surface area contributed by atoms with Crippen molar-refractivity contribution in [1.29, 1.82) is 0 Å². The summed E-state index contributed by atoms with van der Waals surface area (Å²) in [5, 5.41) is 11.5. The Bertz CT molecular complexity index is 784. The summed E-state index contributed by atoms with van der Waals surface area (Å²) in [4.78, 5) is 13.7. The molecular weight excluding hydrogens is 354 g/mol. The third-order valence-electron chi connectivity index (χ3n) is 3.81. The Morgan fingerprint density at radius 2 is 2.16 bits per heavy atom. The van der Waals surface area contributed by atoms with Crippen molar-refractivity contribution in [3.8, 4) is 0 Å². The van der Waals surface area contributed by atoms with E-state index in [4.69, 9.17) is 12.2 Å². The normalized spacial score (nSPS) is 10.9. The molecule has 8 heteroatoms. The molecule has 0 atom stereocenters. The Morgan fingerprint density at radius 1 is 1.40 bits per heavy atom. The van der Waals surface area contributed by atoms with Crippen LogP contribution in [0.4, 0.5) is 10.8 Å². The number of aryl methyl sites for hydroxylation is 1. The zero-order chi connectivity index (χ0) is 18.4. The van der Waals surface area contributed by atoms with E-state index >= 15 is 0 Å². The molecule has 0 aliphatic carbocycles. The number of hydrogen-bond acceptors (Lipinski definition) is 6. The molecule has 2 rings (SSSR count). The molecule has 2 aromatic rings. The number of hydrogen-bond donors (Lipinski definition) is 2. The molecule has 25 heavy (non-hydrogen) atoms. The Labute approximate surface area is 157 Å². The fourth-order valence-corrected chi connectivity index (χ4v) is 3.30. The molecule has 1 amide bonds. The van der Waals surface area contributed by atoms with Gasteiger partial charge in [0.2, 0.25) is 11.0 Å². The largest absolute Gasteiger partial charge is 0.355 e. The maximum Gasteiger partial charge on any atom is 0.234 e. The zero-order valence-corrected chi connectivity index (χ0v) is 16.8. The first-order valence-electron chi connectivity index (χ1n) is 8.27. The van der Waals surface area contributed by atoms with E-state index in [0.717, 1.165) is 17.2 Å². The summed E-state index contributed by atoms with van der Waals surface area (Å²) in [5.74, 6) is 0.0137. The molecule has 0 fully saturated rings. The zero-order valence-electron chi connectivity index (χ0n) is 15.1. The van der Waals surface area contributed by atoms with E-state index < -0.39 is 0 Å². The van der Waals surface area contributed by atoms with Gasteiger partial charge in [-0.05, 0) is 56.7 Å². The summed E-state index contributed by atoms with van der Waals surface area (Å²) in [6.45, 7) is 7.69. The third-order valence-corrected chi connectivity index (χ3v) is 5.04. The molecule has 0 aliphatic rings. The molecule has 0 bridgehead atoms. The summed E-state index contributed by atoms with van der Waals surface area (Å²) < 4.78 is 2.41. The molecule has 2 N–H and O–H groups in total. The van der Waals surface area contributed by atoms with Gasteiger partial charge in [0.1, 0.15) is 0 Å². The minimum atomic E-state index is 0.0137. The molecule has 1 aromatic heterocycles. The van der Waals surface area contributed by atoms with Crippen LogP contribution in [0, 0.1) is 17.8 Å². The van der Waals surface area contributed by atoms with Crippen LogP contribution < -0.4 is 10.6 Å². The van der Waals surface area contributed by atoms with Crippen LogP contribution in [-0.4, -0.2) is 40.7 Å². The van der Waals surface area contributed by atoms with Crippen molar-refractivity contribution in [2.75, 3.05) is 25.5 Å². The molecular formula is C17H25N5OS2. The highest BCUT2D eigenvalue weighted by Crippen LogP contribution is 2.24. The molecule has 0 saturated carbocycles. The van der Waals surface area contributed by atoms with Crippen molar-refractivity contribution >= 4 is 40.3 Å². The lowest BCUT2D eigenvalue weighted by molar-refractivity contribution is -0.122. The first kappa shape index (κ1) is 19.6. The maximum atomic E-state index is 11.8. The lowest BCUT2D eigenvalue weighted by Crippen LogP contribution is -2.36. The van der Waals surface area contributed by atoms with Crippen LogP contribution in [0.5, 0.6) is 0 Å². The molecule has 0 aliphatic heterocycles. The third kappa shape index (κ3) is 5.62. The Morgan fingerprint density at radius 3 is 2.88 bits per heavy atom. The van der Waals surface area contributed by atoms with Crippen molar-refractivity contribution in [3.63, 3.8) is 0 Å². The minimum absolute atomic E-state index is 0.0137. The average Bonchev–Trinajstić information content (AvgIpc) is 2.89. The van der Waals surface area contributed by atoms with Crippen molar-refractivity contribution in [2.24, 2.45) is 0 Å². The second kappa shape index (κ2) is 9.07. The highest BCUT2D eigenvalue weighted by molar-refractivity contribution is 7.73. The SMILES string of the molecule is CCCNC(=O)CN(C)Cn1nc(Nc2cccc(C)c2C)sc1=S. The molecule has 0 radical (unpaired) electrons. The molecule has 0 spiro atoms. The molecule has 136 valence electrons. The van der Waals surface area contributed by atoms with Gasteiger partial charge in [0.25, 0.3) is 0 Å². The lowest BCUT2D eigenvalue weighted by atomic mass is 10.1. The number of benzene rings is 1. The maximum absolute atomic E-state index is 11.8. The van der Waals surface area contributed by atoms with Gasteiger partial charge in [0, 0.05) is 12.2 Å². The topological polar surface area (TPSA) is 62.2 Å². The lowest BCUT2D eigenvalue weighted by Gasteiger charge is -2.15. The Balaban J connectivity index is 2.01. The van der Waals surface area contributed by atoms with Gasteiger partial charge in [-0.3, -0.25) is 9.69 Å². The monoisotopic (exact) mass is 379 g/mol. The van der Waals surface area contributed by atoms with Gasteiger partial charge in [-0.15, -0.1) is 5.10 Å². The van der Waals surface area contributed by atoms with E-state index in [1.54, 1.807) is 4.68 Å². The fraction of sp³-hybridized carbons (Fsp3) is 0.471. The summed E-state index contributed by atoms with van der Waals surface area (Å²) in [6.07, 6.45) is 0.931. The first-order chi connectivity index (χ1) is 11.9. The van der Waals surface area contributed by atoms with E-state index in [9.17, 15) is 4.79 Å². The van der Waals surface area contributed by atoms with Gasteiger partial charge in [0.05, 0.1) is 13.2 Å². The smallest absolute Gasteiger partial charge is 0.234 e. The van der Waals surface area contributed by atoms with Gasteiger partial charge in [-0.25, -0.2) is 4.68 Å². The predicted octanol–water partition coefficient (Wildman–Crippen LogP) is 3.45. The molecule has 6 nitrogen and oxygen atoms in total. The number of aromatic nitrogens is 2. The summed E-state index contributed by atoms with van der Waals surface area (Å²) in [5.41, 5.74) is 3.45. The van der Waals surface area contributed by atoms with Crippen LogP contribution in [0.15, 0.2) is 18.2 Å². The quantitative estimate of drug-likeness (QED) is 0.688. The highest BCUT2D eigenvalue weighted by atomic mass is 32.1. The molecule has 0 unspecified atom stereocenters. The van der Waals surface area contributed by atoms with E-state index in [2.05, 4.69) is 35.6 Å². The summed E-state index contributed by atoms with van der Waals surface area (Å²) in [6, 6.07) is 6.13. The Kier molecular flexibility index (Phi) is 7.10. The van der Waals surface area contributed by atoms with Crippen molar-refractivity contribution in [1.82, 2.24) is 20.0 Å². The first-order valence-corrected chi connectivity index (χ1v) is 9.49. The van der Waals surface area contributed by atoms with Crippen molar-refractivity contribution < 1.29 is 4.79 Å². The summed E-state index contributed by atoms with van der Waals surface area (Å²) >= 11 is 6.83. The van der Waals surface area contributed by atoms with E-state index in [-0.39, 0.29) is 5.91 Å². The van der Waals surface area contributed by atoms with E-state index in [0.29, 0.717) is 23.7 Å². The Hall–Kier alpha value is -1.77. The van der Waals surface area contributed by atoms with Crippen LogP contribution in [0.25, 0.3) is 0 Å². The number of nitrogens with zero attached hydrogens (tertiary/aromatic N) is 3. The number of carbonyl (C=O) groups is 1. The van der Waals surface area contributed by atoms with E-state index in [1.807, 2.05) is 31.0 Å². The average molecular weight is 380 g/mol. The van der Waals surface area contributed by atoms with Crippen LogP contribution >= 0.6 is 23.6 Å². The van der Waals surface area contributed by atoms with Gasteiger partial charge < -0.3 is 10.6 Å². The van der Waals surface area contributed by atoms with Gasteiger partial charge in [-0.2, -0.15) is 0 Å². The second-order valence-electron chi connectivity index (χ2n) is 6.05. The molecule has 1 heterocycles. The second-order valence-corrected chi connectivity index (χ2v) is 7.67. The fourth-order valence-electron chi connectivity index (χ4n) is 2.29. The van der Waals surface area contributed by atoms with Gasteiger partial charge in [-0.1, -0.05) is 30.4 Å². The number of likely N-dealkylation sites (N-methyl/N-ethyl adjacent to an activating group) is 1. The summed E-state index contributed by atoms with van der Waals surface area (Å²) in [7, 11) is 1.88. The van der Waals surface area contributed by atoms with Gasteiger partial charge in [0.15, 0.2) is 3.95 Å². The number of amides is 1. The van der Waals surface area contributed by atoms with Crippen LogP contribution in [0.3, 0.4) is 0 Å². The molecule has 0 saturated heterocycles. The van der Waals surface area contributed by atoms with Crippen LogP contribution in [0.1, 0.15) is 24.5 Å². The van der Waals surface area contributed by atoms with Gasteiger partial charge >= 0.3 is 0 Å². The minimum Gasteiger partial charge on any atom is -0.355 e. The van der Waals surface area contributed by atoms with Crippen LogP contribution in [-0.2, 0) is 11.5 Å². The number of anilines is 2. The molecule has 1 aromatic carbocycles. The van der Waals surface area contributed by atoms with E-state index in [1.165, 1.54) is 22.5 Å². The van der Waals surface area contributed by atoms with Crippen molar-refractivity contribution in [3.05, 3.63) is 33.3 Å². The van der Waals surface area contributed by atoms with Crippen LogP contribution in [0.2, 0.25) is 0 Å². The predicted molar refractivity (Wildman–Crippen MR) is 106 cm³/mol. The standard InChI is InChI=1S/C17H25N5OS2/c1-5-9-18-15(23)10-21(4)11-22-17(24)25-16(20-22)19-14-8-6-7-12(2)13(14)3/h6-8H,5,9-11H2,1-4H3,(H,18,23)(H,19,20). The highest BCUT2D eigenvalue weighted by Gasteiger charge is 2.10. The number of carbonyl (C=O) groups excluding carboxylic acids is 1.